The van der Waals surface area contributed by atoms with Gasteiger partial charge >= 0.3 is 6.18 Å². The number of benzene rings is 1. The van der Waals surface area contributed by atoms with Crippen LogP contribution in [0.5, 0.6) is 0 Å². The summed E-state index contributed by atoms with van der Waals surface area (Å²) in [5.41, 5.74) is 3.63. The van der Waals surface area contributed by atoms with Crippen LogP contribution in [0.1, 0.15) is 11.1 Å². The van der Waals surface area contributed by atoms with E-state index in [0.717, 1.165) is 25.1 Å². The monoisotopic (exact) mass is 311 g/mol. The van der Waals surface area contributed by atoms with Gasteiger partial charge < -0.3 is 10.9 Å². The molecule has 0 aliphatic carbocycles. The van der Waals surface area contributed by atoms with Crippen LogP contribution in [0, 0.1) is 6.92 Å². The lowest BCUT2D eigenvalue weighted by Gasteiger charge is -2.14. The number of halogens is 3. The Morgan fingerprint density at radius 3 is 2.55 bits per heavy atom. The highest BCUT2D eigenvalue weighted by atomic mass is 32.2. The van der Waals surface area contributed by atoms with Crippen molar-refractivity contribution in [2.45, 2.75) is 18.0 Å². The normalized spacial score (nSPS) is 13.5. The summed E-state index contributed by atoms with van der Waals surface area (Å²) >= 11 is 0. The van der Waals surface area contributed by atoms with Crippen LogP contribution in [0.3, 0.4) is 0 Å². The molecule has 0 unspecified atom stereocenters. The summed E-state index contributed by atoms with van der Waals surface area (Å²) in [6.45, 7) is 0.537. The second-order valence-corrected chi connectivity index (χ2v) is 5.58. The number of sulfonamides is 1. The standard InChI is InChI=1S/C10H12F3N3O3S/c1-6-7(10(11,12)13)3-2-4-8(6)20(18,19)15-5-9(14)16-17/h2-4,15,17H,5H2,1H3,(H2,14,16). The molecule has 0 aliphatic heterocycles. The minimum atomic E-state index is -4.65. The number of alkyl halides is 3. The molecule has 20 heavy (non-hydrogen) atoms. The molecule has 6 nitrogen and oxygen atoms in total. The Labute approximate surface area is 113 Å². The Kier molecular flexibility index (Phi) is 4.61. The third-order valence-electron chi connectivity index (χ3n) is 2.45. The molecule has 0 amide bonds. The molecule has 4 N–H and O–H groups in total. The first-order valence-corrected chi connectivity index (χ1v) is 6.71. The van der Waals surface area contributed by atoms with Crippen LogP contribution in [0.4, 0.5) is 13.2 Å². The van der Waals surface area contributed by atoms with E-state index in [1.165, 1.54) is 0 Å². The molecule has 0 radical (unpaired) electrons. The largest absolute Gasteiger partial charge is 0.416 e. The maximum atomic E-state index is 12.7. The van der Waals surface area contributed by atoms with Crippen molar-refractivity contribution in [1.29, 1.82) is 0 Å². The van der Waals surface area contributed by atoms with Crippen LogP contribution in [-0.4, -0.2) is 26.0 Å². The molecule has 112 valence electrons. The number of hydrogen-bond donors (Lipinski definition) is 3. The predicted octanol–water partition coefficient (Wildman–Crippen LogP) is 1.04. The number of oxime groups is 1. The van der Waals surface area contributed by atoms with Crippen molar-refractivity contribution in [3.05, 3.63) is 29.3 Å². The van der Waals surface area contributed by atoms with Gasteiger partial charge in [0.1, 0.15) is 0 Å². The maximum Gasteiger partial charge on any atom is 0.416 e. The molecule has 0 saturated heterocycles. The highest BCUT2D eigenvalue weighted by Gasteiger charge is 2.34. The molecular weight excluding hydrogens is 299 g/mol. The van der Waals surface area contributed by atoms with Crippen LogP contribution in [0.25, 0.3) is 0 Å². The molecule has 0 fully saturated rings. The van der Waals surface area contributed by atoms with E-state index < -0.39 is 44.6 Å². The first-order valence-electron chi connectivity index (χ1n) is 5.22. The number of nitrogens with zero attached hydrogens (tertiary/aromatic N) is 1. The van der Waals surface area contributed by atoms with Gasteiger partial charge in [-0.05, 0) is 24.6 Å². The highest BCUT2D eigenvalue weighted by molar-refractivity contribution is 7.89. The smallest absolute Gasteiger partial charge is 0.409 e. The average Bonchev–Trinajstić information content (AvgIpc) is 2.34. The first kappa shape index (κ1) is 16.2. The van der Waals surface area contributed by atoms with E-state index in [9.17, 15) is 21.6 Å². The molecule has 1 rings (SSSR count). The number of nitrogens with one attached hydrogen (secondary N) is 1. The second-order valence-electron chi connectivity index (χ2n) is 3.84. The fraction of sp³-hybridized carbons (Fsp3) is 0.300. The predicted molar refractivity (Wildman–Crippen MR) is 64.8 cm³/mol. The van der Waals surface area contributed by atoms with Gasteiger partial charge in [0.2, 0.25) is 10.0 Å². The summed E-state index contributed by atoms with van der Waals surface area (Å²) in [6, 6.07) is 2.82. The topological polar surface area (TPSA) is 105 Å². The third-order valence-corrected chi connectivity index (χ3v) is 4.00. The van der Waals surface area contributed by atoms with Gasteiger partial charge in [-0.3, -0.25) is 0 Å². The van der Waals surface area contributed by atoms with Crippen LogP contribution < -0.4 is 10.5 Å². The molecule has 0 atom stereocenters. The summed E-state index contributed by atoms with van der Waals surface area (Å²) < 4.78 is 63.8. The minimum Gasteiger partial charge on any atom is -0.409 e. The summed E-state index contributed by atoms with van der Waals surface area (Å²) in [5, 5.41) is 10.8. The van der Waals surface area contributed by atoms with Gasteiger partial charge in [0.25, 0.3) is 0 Å². The van der Waals surface area contributed by atoms with Gasteiger partial charge in [-0.25, -0.2) is 13.1 Å². The lowest BCUT2D eigenvalue weighted by molar-refractivity contribution is -0.138. The Morgan fingerprint density at radius 1 is 1.45 bits per heavy atom. The van der Waals surface area contributed by atoms with E-state index >= 15 is 0 Å². The van der Waals surface area contributed by atoms with Crippen LogP contribution in [-0.2, 0) is 16.2 Å². The van der Waals surface area contributed by atoms with E-state index in [2.05, 4.69) is 5.16 Å². The van der Waals surface area contributed by atoms with Crippen LogP contribution in [0.15, 0.2) is 28.3 Å². The van der Waals surface area contributed by atoms with E-state index in [4.69, 9.17) is 10.9 Å². The molecule has 0 spiro atoms. The maximum absolute atomic E-state index is 12.7. The van der Waals surface area contributed by atoms with Gasteiger partial charge in [-0.15, -0.1) is 0 Å². The molecule has 0 aliphatic rings. The number of nitrogens with two attached hydrogens (primary N) is 1. The molecule has 1 aromatic carbocycles. The van der Waals surface area contributed by atoms with Gasteiger partial charge in [-0.2, -0.15) is 13.2 Å². The summed E-state index contributed by atoms with van der Waals surface area (Å²) in [4.78, 5) is -0.516. The molecule has 10 heteroatoms. The molecule has 0 heterocycles. The van der Waals surface area contributed by atoms with Crippen LogP contribution in [0.2, 0.25) is 0 Å². The molecule has 0 aromatic heterocycles. The van der Waals surface area contributed by atoms with Crippen molar-refractivity contribution < 1.29 is 26.8 Å². The summed E-state index contributed by atoms with van der Waals surface area (Å²) in [7, 11) is -4.20. The Morgan fingerprint density at radius 2 is 2.05 bits per heavy atom. The fourth-order valence-electron chi connectivity index (χ4n) is 1.49. The zero-order valence-electron chi connectivity index (χ0n) is 10.3. The zero-order chi connectivity index (χ0) is 15.6. The van der Waals surface area contributed by atoms with Gasteiger partial charge in [0.15, 0.2) is 5.84 Å². The number of amidine groups is 1. The average molecular weight is 311 g/mol. The van der Waals surface area contributed by atoms with E-state index in [-0.39, 0.29) is 0 Å². The zero-order valence-corrected chi connectivity index (χ0v) is 11.1. The van der Waals surface area contributed by atoms with Crippen LogP contribution >= 0.6 is 0 Å². The van der Waals surface area contributed by atoms with Gasteiger partial charge in [0, 0.05) is 0 Å². The van der Waals surface area contributed by atoms with Crippen molar-refractivity contribution >= 4 is 15.9 Å². The number of hydrogen-bond acceptors (Lipinski definition) is 4. The van der Waals surface area contributed by atoms with Gasteiger partial charge in [-0.1, -0.05) is 11.2 Å². The van der Waals surface area contributed by atoms with Gasteiger partial charge in [0.05, 0.1) is 17.0 Å². The Bertz CT molecular complexity index is 626. The molecule has 0 saturated carbocycles. The summed E-state index contributed by atoms with van der Waals surface area (Å²) in [5.74, 6) is -0.418. The molecule has 0 bridgehead atoms. The Hall–Kier alpha value is -1.81. The van der Waals surface area contributed by atoms with E-state index in [1.54, 1.807) is 0 Å². The van der Waals surface area contributed by atoms with E-state index in [1.807, 2.05) is 4.72 Å². The highest BCUT2D eigenvalue weighted by Crippen LogP contribution is 2.33. The minimum absolute atomic E-state index is 0.418. The second kappa shape index (κ2) is 5.67. The molecule has 1 aromatic rings. The molecular formula is C10H12F3N3O3S. The van der Waals surface area contributed by atoms with Crippen molar-refractivity contribution in [2.24, 2.45) is 10.9 Å². The van der Waals surface area contributed by atoms with Crippen molar-refractivity contribution in [3.63, 3.8) is 0 Å². The van der Waals surface area contributed by atoms with E-state index in [0.29, 0.717) is 0 Å². The van der Waals surface area contributed by atoms with Crippen molar-refractivity contribution in [1.82, 2.24) is 4.72 Å². The lowest BCUT2D eigenvalue weighted by Crippen LogP contribution is -2.34. The third kappa shape index (κ3) is 3.61. The Balaban J connectivity index is 3.20. The quantitative estimate of drug-likeness (QED) is 0.334. The lowest BCUT2D eigenvalue weighted by atomic mass is 10.1. The first-order chi connectivity index (χ1) is 9.09. The number of rotatable bonds is 4. The SMILES string of the molecule is Cc1c(C(F)(F)F)cccc1S(=O)(=O)NC/C(N)=N/O. The van der Waals surface area contributed by atoms with Crippen molar-refractivity contribution in [3.8, 4) is 0 Å². The summed E-state index contributed by atoms with van der Waals surface area (Å²) in [6.07, 6.45) is -4.65. The fourth-order valence-corrected chi connectivity index (χ4v) is 2.76. The van der Waals surface area contributed by atoms with Crippen molar-refractivity contribution in [2.75, 3.05) is 6.54 Å².